The predicted octanol–water partition coefficient (Wildman–Crippen LogP) is 2.08. The van der Waals surface area contributed by atoms with E-state index in [0.29, 0.717) is 12.5 Å². The van der Waals surface area contributed by atoms with Crippen LogP contribution in [-0.4, -0.2) is 19.0 Å². The Morgan fingerprint density at radius 2 is 2.18 bits per heavy atom. The van der Waals surface area contributed by atoms with Crippen molar-refractivity contribution in [3.05, 3.63) is 0 Å². The molecule has 0 fully saturated rings. The van der Waals surface area contributed by atoms with Crippen molar-refractivity contribution in [3.8, 4) is 0 Å². The maximum atomic E-state index is 9.79. The maximum Gasteiger partial charge on any atom is 0.198 e. The largest absolute Gasteiger partial charge is 0.379 e. The van der Waals surface area contributed by atoms with Gasteiger partial charge < -0.3 is 4.74 Å². The summed E-state index contributed by atoms with van der Waals surface area (Å²) in [5.41, 5.74) is 0. The Balaban J connectivity index is 2.95. The number of hydrogen-bond acceptors (Lipinski definition) is 2. The minimum atomic E-state index is 0.357. The Kier molecular flexibility index (Phi) is 7.47. The summed E-state index contributed by atoms with van der Waals surface area (Å²) < 4.78 is 5.41. The van der Waals surface area contributed by atoms with Crippen molar-refractivity contribution in [2.24, 2.45) is 0 Å². The SMILES string of the molecule is CCC(C)OCCCC[C]=O. The maximum absolute atomic E-state index is 9.79. The van der Waals surface area contributed by atoms with Gasteiger partial charge in [-0.15, -0.1) is 0 Å². The zero-order valence-corrected chi connectivity index (χ0v) is 7.43. The molecule has 0 aromatic carbocycles. The molecular formula is C9H17O2. The van der Waals surface area contributed by atoms with Gasteiger partial charge in [0.25, 0.3) is 0 Å². The van der Waals surface area contributed by atoms with Crippen LogP contribution in [0.3, 0.4) is 0 Å². The Bertz CT molecular complexity index is 91.6. The monoisotopic (exact) mass is 157 g/mol. The zero-order chi connectivity index (χ0) is 8.53. The van der Waals surface area contributed by atoms with E-state index in [1.165, 1.54) is 0 Å². The molecule has 2 heteroatoms. The van der Waals surface area contributed by atoms with Crippen LogP contribution in [0.1, 0.15) is 39.5 Å². The van der Waals surface area contributed by atoms with Crippen LogP contribution in [0.25, 0.3) is 0 Å². The lowest BCUT2D eigenvalue weighted by Gasteiger charge is -2.08. The van der Waals surface area contributed by atoms with Gasteiger partial charge in [0.1, 0.15) is 0 Å². The Morgan fingerprint density at radius 3 is 2.73 bits per heavy atom. The van der Waals surface area contributed by atoms with E-state index in [1.807, 2.05) is 6.29 Å². The molecule has 1 atom stereocenters. The van der Waals surface area contributed by atoms with Gasteiger partial charge in [0.2, 0.25) is 0 Å². The minimum Gasteiger partial charge on any atom is -0.379 e. The van der Waals surface area contributed by atoms with Crippen LogP contribution in [-0.2, 0) is 9.53 Å². The number of rotatable bonds is 7. The minimum absolute atomic E-state index is 0.357. The second kappa shape index (κ2) is 7.73. The van der Waals surface area contributed by atoms with Crippen LogP contribution in [0.4, 0.5) is 0 Å². The third kappa shape index (κ3) is 7.53. The van der Waals surface area contributed by atoms with E-state index in [9.17, 15) is 4.79 Å². The Hall–Kier alpha value is -0.370. The molecule has 2 nitrogen and oxygen atoms in total. The number of ether oxygens (including phenoxy) is 1. The summed E-state index contributed by atoms with van der Waals surface area (Å²) in [6.45, 7) is 4.94. The highest BCUT2D eigenvalue weighted by molar-refractivity contribution is 5.50. The van der Waals surface area contributed by atoms with Gasteiger partial charge in [-0.3, -0.25) is 4.79 Å². The Morgan fingerprint density at radius 1 is 1.45 bits per heavy atom. The lowest BCUT2D eigenvalue weighted by molar-refractivity contribution is 0.0613. The number of carbonyl (C=O) groups excluding carboxylic acids is 1. The first-order valence-electron chi connectivity index (χ1n) is 4.27. The van der Waals surface area contributed by atoms with E-state index in [4.69, 9.17) is 4.74 Å². The first-order chi connectivity index (χ1) is 5.31. The fourth-order valence-corrected chi connectivity index (χ4v) is 0.702. The van der Waals surface area contributed by atoms with Crippen molar-refractivity contribution >= 4 is 6.29 Å². The van der Waals surface area contributed by atoms with E-state index in [0.717, 1.165) is 25.9 Å². The standard InChI is InChI=1S/C9H17O2/c1-3-9(2)11-8-6-4-5-7-10/h9H,3-6,8H2,1-2H3. The van der Waals surface area contributed by atoms with Crippen molar-refractivity contribution in [3.63, 3.8) is 0 Å². The molecular weight excluding hydrogens is 140 g/mol. The summed E-state index contributed by atoms with van der Waals surface area (Å²) in [5.74, 6) is 0. The van der Waals surface area contributed by atoms with Crippen LogP contribution in [0.15, 0.2) is 0 Å². The van der Waals surface area contributed by atoms with E-state index in [-0.39, 0.29) is 0 Å². The summed E-state index contributed by atoms with van der Waals surface area (Å²) in [6, 6.07) is 0. The second-order valence-electron chi connectivity index (χ2n) is 2.69. The van der Waals surface area contributed by atoms with Gasteiger partial charge in [-0.25, -0.2) is 0 Å². The summed E-state index contributed by atoms with van der Waals surface area (Å²) >= 11 is 0. The topological polar surface area (TPSA) is 26.3 Å². The zero-order valence-electron chi connectivity index (χ0n) is 7.43. The summed E-state index contributed by atoms with van der Waals surface area (Å²) in [6.07, 6.45) is 5.70. The van der Waals surface area contributed by atoms with E-state index < -0.39 is 0 Å². The third-order valence-corrected chi connectivity index (χ3v) is 1.65. The van der Waals surface area contributed by atoms with E-state index >= 15 is 0 Å². The highest BCUT2D eigenvalue weighted by Gasteiger charge is 1.96. The molecule has 11 heavy (non-hydrogen) atoms. The molecule has 0 amide bonds. The molecule has 0 aliphatic carbocycles. The normalized spacial score (nSPS) is 12.9. The first-order valence-corrected chi connectivity index (χ1v) is 4.27. The smallest absolute Gasteiger partial charge is 0.198 e. The van der Waals surface area contributed by atoms with Crippen molar-refractivity contribution in [1.29, 1.82) is 0 Å². The highest BCUT2D eigenvalue weighted by atomic mass is 16.5. The van der Waals surface area contributed by atoms with Crippen molar-refractivity contribution in [1.82, 2.24) is 0 Å². The molecule has 0 aliphatic heterocycles. The molecule has 0 heterocycles. The molecule has 0 saturated carbocycles. The van der Waals surface area contributed by atoms with E-state index in [2.05, 4.69) is 13.8 Å². The third-order valence-electron chi connectivity index (χ3n) is 1.65. The Labute approximate surface area is 68.9 Å². The quantitative estimate of drug-likeness (QED) is 0.529. The van der Waals surface area contributed by atoms with Crippen molar-refractivity contribution in [2.75, 3.05) is 6.61 Å². The molecule has 1 radical (unpaired) electrons. The van der Waals surface area contributed by atoms with Crippen LogP contribution >= 0.6 is 0 Å². The molecule has 0 bridgehead atoms. The van der Waals surface area contributed by atoms with Gasteiger partial charge in [-0.05, 0) is 26.2 Å². The van der Waals surface area contributed by atoms with Gasteiger partial charge in [0.15, 0.2) is 6.29 Å². The number of hydrogen-bond donors (Lipinski definition) is 0. The summed E-state index contributed by atoms with van der Waals surface area (Å²) in [5, 5.41) is 0. The predicted molar refractivity (Wildman–Crippen MR) is 45.2 cm³/mol. The molecule has 0 rings (SSSR count). The lowest BCUT2D eigenvalue weighted by atomic mass is 10.2. The van der Waals surface area contributed by atoms with Gasteiger partial charge >= 0.3 is 0 Å². The summed E-state index contributed by atoms with van der Waals surface area (Å²) in [7, 11) is 0. The fourth-order valence-electron chi connectivity index (χ4n) is 0.702. The van der Waals surface area contributed by atoms with Crippen LogP contribution in [0.5, 0.6) is 0 Å². The second-order valence-corrected chi connectivity index (χ2v) is 2.69. The molecule has 0 spiro atoms. The molecule has 0 aromatic rings. The van der Waals surface area contributed by atoms with Gasteiger partial charge in [-0.1, -0.05) is 6.92 Å². The molecule has 65 valence electrons. The van der Waals surface area contributed by atoms with E-state index in [1.54, 1.807) is 0 Å². The lowest BCUT2D eigenvalue weighted by Crippen LogP contribution is -2.07. The summed E-state index contributed by atoms with van der Waals surface area (Å²) in [4.78, 5) is 9.79. The highest BCUT2D eigenvalue weighted by Crippen LogP contribution is 1.99. The molecule has 0 aromatic heterocycles. The number of unbranched alkanes of at least 4 members (excludes halogenated alkanes) is 2. The fraction of sp³-hybridized carbons (Fsp3) is 0.889. The van der Waals surface area contributed by atoms with Crippen molar-refractivity contribution < 1.29 is 9.53 Å². The average molecular weight is 157 g/mol. The van der Waals surface area contributed by atoms with Crippen LogP contribution in [0, 0.1) is 0 Å². The van der Waals surface area contributed by atoms with Gasteiger partial charge in [-0.2, -0.15) is 0 Å². The molecule has 1 unspecified atom stereocenters. The first kappa shape index (κ1) is 10.6. The average Bonchev–Trinajstić information content (AvgIpc) is 2.04. The van der Waals surface area contributed by atoms with Crippen LogP contribution < -0.4 is 0 Å². The van der Waals surface area contributed by atoms with Gasteiger partial charge in [0.05, 0.1) is 6.10 Å². The molecule has 0 N–H and O–H groups in total. The van der Waals surface area contributed by atoms with Gasteiger partial charge in [0, 0.05) is 13.0 Å². The van der Waals surface area contributed by atoms with Crippen molar-refractivity contribution in [2.45, 2.75) is 45.6 Å². The van der Waals surface area contributed by atoms with Crippen LogP contribution in [0.2, 0.25) is 0 Å². The molecule has 0 saturated heterocycles. The molecule has 0 aliphatic rings.